The summed E-state index contributed by atoms with van der Waals surface area (Å²) in [5.41, 5.74) is 0. The Hall–Kier alpha value is -0.480. The summed E-state index contributed by atoms with van der Waals surface area (Å²) < 4.78 is 0. The molecule has 1 aliphatic rings. The van der Waals surface area contributed by atoms with Gasteiger partial charge in [0.15, 0.2) is 0 Å². The van der Waals surface area contributed by atoms with Crippen LogP contribution in [0.5, 0.6) is 0 Å². The first-order chi connectivity index (χ1) is 3.93. The number of hydrogen-bond acceptors (Lipinski definition) is 1. The Morgan fingerprint density at radius 1 is 1.38 bits per heavy atom. The summed E-state index contributed by atoms with van der Waals surface area (Å²) in [7, 11) is 0. The number of rotatable bonds is 1. The molecule has 0 saturated heterocycles. The summed E-state index contributed by atoms with van der Waals surface area (Å²) in [5, 5.41) is 8.23. The van der Waals surface area contributed by atoms with Crippen LogP contribution >= 0.6 is 0 Å². The summed E-state index contributed by atoms with van der Waals surface area (Å²) in [4.78, 5) is 0. The molecule has 1 saturated carbocycles. The van der Waals surface area contributed by atoms with E-state index in [1.165, 1.54) is 12.8 Å². The topological polar surface area (TPSA) is 20.2 Å². The maximum Gasteiger partial charge on any atom is 0.104 e. The Balaban J connectivity index is 2.01. The average Bonchev–Trinajstić information content (AvgIpc) is 2.51. The van der Waals surface area contributed by atoms with Crippen molar-refractivity contribution in [3.8, 4) is 11.8 Å². The van der Waals surface area contributed by atoms with Crippen molar-refractivity contribution >= 4 is 0 Å². The fraction of sp³-hybridized carbons (Fsp3) is 0.714. The van der Waals surface area contributed by atoms with E-state index in [2.05, 4.69) is 11.8 Å². The smallest absolute Gasteiger partial charge is 0.104 e. The Kier molecular flexibility index (Phi) is 1.93. The molecule has 1 aliphatic carbocycles. The molecule has 0 radical (unpaired) electrons. The molecule has 1 heteroatoms. The van der Waals surface area contributed by atoms with Crippen molar-refractivity contribution in [2.45, 2.75) is 19.3 Å². The van der Waals surface area contributed by atoms with Gasteiger partial charge in [0.05, 0.1) is 0 Å². The predicted octanol–water partition coefficient (Wildman–Crippen LogP) is 0.782. The predicted molar refractivity (Wildman–Crippen MR) is 32.2 cm³/mol. The third-order valence-electron chi connectivity index (χ3n) is 1.29. The molecule has 0 aromatic carbocycles. The summed E-state index contributed by atoms with van der Waals surface area (Å²) in [5.74, 6) is 6.39. The van der Waals surface area contributed by atoms with E-state index in [4.69, 9.17) is 5.11 Å². The molecule has 0 atom stereocenters. The Bertz CT molecular complexity index is 114. The molecule has 1 rings (SSSR count). The highest BCUT2D eigenvalue weighted by molar-refractivity contribution is 5.01. The van der Waals surface area contributed by atoms with Gasteiger partial charge in [-0.15, -0.1) is 5.92 Å². The zero-order valence-corrected chi connectivity index (χ0v) is 4.85. The van der Waals surface area contributed by atoms with Crippen LogP contribution in [-0.2, 0) is 0 Å². The molecule has 0 aromatic heterocycles. The molecule has 0 amide bonds. The van der Waals surface area contributed by atoms with Gasteiger partial charge < -0.3 is 5.11 Å². The van der Waals surface area contributed by atoms with Gasteiger partial charge in [-0.05, 0) is 18.8 Å². The van der Waals surface area contributed by atoms with Gasteiger partial charge in [-0.25, -0.2) is 0 Å². The van der Waals surface area contributed by atoms with E-state index in [9.17, 15) is 0 Å². The van der Waals surface area contributed by atoms with E-state index >= 15 is 0 Å². The molecule has 0 unspecified atom stereocenters. The summed E-state index contributed by atoms with van der Waals surface area (Å²) >= 11 is 0. The molecule has 8 heavy (non-hydrogen) atoms. The molecule has 0 bridgehead atoms. The van der Waals surface area contributed by atoms with Crippen molar-refractivity contribution in [2.24, 2.45) is 5.92 Å². The van der Waals surface area contributed by atoms with E-state index in [0.717, 1.165) is 12.3 Å². The first kappa shape index (κ1) is 5.65. The van der Waals surface area contributed by atoms with Crippen LogP contribution in [0.2, 0.25) is 0 Å². The van der Waals surface area contributed by atoms with Gasteiger partial charge in [-0.1, -0.05) is 5.92 Å². The highest BCUT2D eigenvalue weighted by atomic mass is 16.2. The first-order valence-electron chi connectivity index (χ1n) is 3.00. The van der Waals surface area contributed by atoms with Crippen LogP contribution in [0.3, 0.4) is 0 Å². The van der Waals surface area contributed by atoms with Crippen LogP contribution in [0.1, 0.15) is 19.3 Å². The summed E-state index contributed by atoms with van der Waals surface area (Å²) in [6.07, 6.45) is 3.70. The average molecular weight is 110 g/mol. The Morgan fingerprint density at radius 3 is 2.62 bits per heavy atom. The molecule has 44 valence electrons. The van der Waals surface area contributed by atoms with Gasteiger partial charge in [0.2, 0.25) is 0 Å². The van der Waals surface area contributed by atoms with Crippen molar-refractivity contribution in [1.82, 2.24) is 0 Å². The lowest BCUT2D eigenvalue weighted by molar-refractivity contribution is 0.350. The van der Waals surface area contributed by atoms with Gasteiger partial charge in [0, 0.05) is 6.42 Å². The third kappa shape index (κ3) is 1.99. The van der Waals surface area contributed by atoms with Gasteiger partial charge in [0.1, 0.15) is 6.61 Å². The second-order valence-corrected chi connectivity index (χ2v) is 2.16. The number of hydrogen-bond donors (Lipinski definition) is 1. The second kappa shape index (κ2) is 2.74. The quantitative estimate of drug-likeness (QED) is 0.494. The maximum absolute atomic E-state index is 8.23. The molecule has 0 aromatic rings. The molecule has 0 spiro atoms. The Morgan fingerprint density at radius 2 is 2.12 bits per heavy atom. The molecule has 0 heterocycles. The monoisotopic (exact) mass is 110 g/mol. The lowest BCUT2D eigenvalue weighted by Gasteiger charge is -1.77. The van der Waals surface area contributed by atoms with Crippen LogP contribution in [-0.4, -0.2) is 11.7 Å². The number of aliphatic hydroxyl groups is 1. The van der Waals surface area contributed by atoms with Gasteiger partial charge in [0.25, 0.3) is 0 Å². The lowest BCUT2D eigenvalue weighted by Crippen LogP contribution is -1.73. The fourth-order valence-electron chi connectivity index (χ4n) is 0.594. The molecule has 0 aliphatic heterocycles. The lowest BCUT2D eigenvalue weighted by atomic mass is 10.3. The van der Waals surface area contributed by atoms with Gasteiger partial charge in [-0.3, -0.25) is 0 Å². The third-order valence-corrected chi connectivity index (χ3v) is 1.29. The molecular weight excluding hydrogens is 100 g/mol. The largest absolute Gasteiger partial charge is 0.384 e. The van der Waals surface area contributed by atoms with E-state index in [1.54, 1.807) is 0 Å². The number of aliphatic hydroxyl groups excluding tert-OH is 1. The zero-order valence-electron chi connectivity index (χ0n) is 4.85. The minimum Gasteiger partial charge on any atom is -0.384 e. The normalized spacial score (nSPS) is 17.1. The van der Waals surface area contributed by atoms with Crippen LogP contribution in [0.25, 0.3) is 0 Å². The maximum atomic E-state index is 8.23. The van der Waals surface area contributed by atoms with Crippen molar-refractivity contribution in [1.29, 1.82) is 0 Å². The second-order valence-electron chi connectivity index (χ2n) is 2.16. The van der Waals surface area contributed by atoms with E-state index in [1.807, 2.05) is 0 Å². The minimum atomic E-state index is 0.0206. The van der Waals surface area contributed by atoms with Gasteiger partial charge in [-0.2, -0.15) is 0 Å². The van der Waals surface area contributed by atoms with E-state index < -0.39 is 0 Å². The van der Waals surface area contributed by atoms with Crippen molar-refractivity contribution in [2.75, 3.05) is 6.61 Å². The standard InChI is InChI=1S/C7H10O/c8-6-2-1-3-7-4-5-7/h7-8H,3-6H2. The molecule has 1 fully saturated rings. The first-order valence-corrected chi connectivity index (χ1v) is 3.00. The van der Waals surface area contributed by atoms with Crippen molar-refractivity contribution in [3.63, 3.8) is 0 Å². The summed E-state index contributed by atoms with van der Waals surface area (Å²) in [6.45, 7) is 0.0206. The van der Waals surface area contributed by atoms with Crippen LogP contribution < -0.4 is 0 Å². The van der Waals surface area contributed by atoms with Gasteiger partial charge >= 0.3 is 0 Å². The summed E-state index contributed by atoms with van der Waals surface area (Å²) in [6, 6.07) is 0. The Labute approximate surface area is 49.7 Å². The SMILES string of the molecule is OCC#CCC1CC1. The highest BCUT2D eigenvalue weighted by Crippen LogP contribution is 2.31. The molecule has 1 N–H and O–H groups in total. The van der Waals surface area contributed by atoms with Crippen LogP contribution in [0.4, 0.5) is 0 Å². The minimum absolute atomic E-state index is 0.0206. The molecule has 1 nitrogen and oxygen atoms in total. The zero-order chi connectivity index (χ0) is 5.82. The highest BCUT2D eigenvalue weighted by Gasteiger charge is 2.19. The van der Waals surface area contributed by atoms with Crippen molar-refractivity contribution < 1.29 is 5.11 Å². The molecular formula is C7H10O. The van der Waals surface area contributed by atoms with Crippen LogP contribution in [0, 0.1) is 17.8 Å². The fourth-order valence-corrected chi connectivity index (χ4v) is 0.594. The van der Waals surface area contributed by atoms with E-state index in [0.29, 0.717) is 0 Å². The van der Waals surface area contributed by atoms with Crippen molar-refractivity contribution in [3.05, 3.63) is 0 Å². The van der Waals surface area contributed by atoms with Crippen LogP contribution in [0.15, 0.2) is 0 Å². The van der Waals surface area contributed by atoms with E-state index in [-0.39, 0.29) is 6.61 Å².